The van der Waals surface area contributed by atoms with Crippen molar-refractivity contribution in [1.82, 2.24) is 0 Å². The Labute approximate surface area is 105 Å². The van der Waals surface area contributed by atoms with Crippen LogP contribution in [0.1, 0.15) is 46.5 Å². The van der Waals surface area contributed by atoms with Crippen LogP contribution in [0.15, 0.2) is 11.6 Å². The van der Waals surface area contributed by atoms with E-state index >= 15 is 0 Å². The van der Waals surface area contributed by atoms with Gasteiger partial charge in [0.2, 0.25) is 0 Å². The van der Waals surface area contributed by atoms with Gasteiger partial charge >= 0.3 is 0 Å². The number of aliphatic hydroxyl groups excluding tert-OH is 2. The fourth-order valence-electron chi connectivity index (χ4n) is 4.51. The fourth-order valence-corrected chi connectivity index (χ4v) is 4.51. The third-order valence-electron chi connectivity index (χ3n) is 5.50. The highest BCUT2D eigenvalue weighted by Crippen LogP contribution is 2.59. The molecule has 2 N–H and O–H groups in total. The maximum Gasteiger partial charge on any atom is 0.0645 e. The van der Waals surface area contributed by atoms with Crippen LogP contribution in [0, 0.1) is 22.7 Å². The molecular weight excluding hydrogens is 212 g/mol. The zero-order valence-corrected chi connectivity index (χ0v) is 11.4. The van der Waals surface area contributed by atoms with E-state index in [1.54, 1.807) is 0 Å². The molecule has 0 aliphatic heterocycles. The smallest absolute Gasteiger partial charge is 0.0645 e. The number of fused-ring (bicyclic) bond motifs is 1. The van der Waals surface area contributed by atoms with Crippen molar-refractivity contribution in [2.45, 2.75) is 46.5 Å². The predicted molar refractivity (Wildman–Crippen MR) is 69.6 cm³/mol. The molecule has 2 rings (SSSR count). The van der Waals surface area contributed by atoms with Gasteiger partial charge in [-0.15, -0.1) is 0 Å². The molecule has 0 radical (unpaired) electrons. The van der Waals surface area contributed by atoms with Gasteiger partial charge in [0.25, 0.3) is 0 Å². The summed E-state index contributed by atoms with van der Waals surface area (Å²) in [4.78, 5) is 0. The van der Waals surface area contributed by atoms with E-state index in [2.05, 4.69) is 26.8 Å². The van der Waals surface area contributed by atoms with Crippen LogP contribution >= 0.6 is 0 Å². The second-order valence-corrected chi connectivity index (χ2v) is 6.81. The summed E-state index contributed by atoms with van der Waals surface area (Å²) in [5.74, 6) is 0.794. The second kappa shape index (κ2) is 4.40. The molecule has 0 bridgehead atoms. The quantitative estimate of drug-likeness (QED) is 0.726. The van der Waals surface area contributed by atoms with Crippen LogP contribution in [0.5, 0.6) is 0 Å². The summed E-state index contributed by atoms with van der Waals surface area (Å²) in [7, 11) is 0. The second-order valence-electron chi connectivity index (χ2n) is 6.81. The van der Waals surface area contributed by atoms with Crippen LogP contribution in [0.3, 0.4) is 0 Å². The van der Waals surface area contributed by atoms with Gasteiger partial charge in [-0.1, -0.05) is 33.3 Å². The lowest BCUT2D eigenvalue weighted by molar-refractivity contribution is -0.0539. The Kier molecular flexibility index (Phi) is 3.39. The molecule has 0 spiro atoms. The highest BCUT2D eigenvalue weighted by Gasteiger charge is 2.51. The highest BCUT2D eigenvalue weighted by molar-refractivity contribution is 5.20. The number of rotatable bonds is 2. The molecule has 1 fully saturated rings. The topological polar surface area (TPSA) is 40.5 Å². The van der Waals surface area contributed by atoms with E-state index in [9.17, 15) is 10.2 Å². The molecule has 2 aliphatic carbocycles. The minimum Gasteiger partial charge on any atom is -0.396 e. The van der Waals surface area contributed by atoms with Crippen LogP contribution in [-0.2, 0) is 0 Å². The first-order valence-corrected chi connectivity index (χ1v) is 6.86. The van der Waals surface area contributed by atoms with Gasteiger partial charge < -0.3 is 10.2 Å². The minimum absolute atomic E-state index is 0.105. The summed E-state index contributed by atoms with van der Waals surface area (Å²) in [6, 6.07) is 0. The monoisotopic (exact) mass is 238 g/mol. The predicted octanol–water partition coefficient (Wildman–Crippen LogP) is 2.75. The van der Waals surface area contributed by atoms with Gasteiger partial charge in [0, 0.05) is 5.92 Å². The van der Waals surface area contributed by atoms with Crippen molar-refractivity contribution in [3.63, 3.8) is 0 Å². The summed E-state index contributed by atoms with van der Waals surface area (Å²) in [6.07, 6.45) is 6.96. The Morgan fingerprint density at radius 2 is 1.94 bits per heavy atom. The number of aliphatic hydroxyl groups is 2. The van der Waals surface area contributed by atoms with E-state index in [-0.39, 0.29) is 24.5 Å². The normalized spacial score (nSPS) is 40.6. The summed E-state index contributed by atoms with van der Waals surface area (Å²) in [5.41, 5.74) is 1.59. The van der Waals surface area contributed by atoms with Crippen molar-refractivity contribution in [3.8, 4) is 0 Å². The van der Waals surface area contributed by atoms with Crippen molar-refractivity contribution < 1.29 is 10.2 Å². The van der Waals surface area contributed by atoms with Crippen molar-refractivity contribution >= 4 is 0 Å². The first-order valence-electron chi connectivity index (χ1n) is 6.86. The molecule has 0 aromatic heterocycles. The summed E-state index contributed by atoms with van der Waals surface area (Å²) in [5, 5.41) is 19.2. The SMILES string of the molecule is CC1(C)CCC[C@]2(C)[C@@H]1CC=C(CO)[C@@H]2CO. The van der Waals surface area contributed by atoms with E-state index in [1.165, 1.54) is 19.3 Å². The Bertz CT molecular complexity index is 319. The average molecular weight is 238 g/mol. The van der Waals surface area contributed by atoms with Crippen molar-refractivity contribution in [2.24, 2.45) is 22.7 Å². The Balaban J connectivity index is 2.38. The third kappa shape index (κ3) is 1.96. The number of hydrogen-bond donors (Lipinski definition) is 2. The molecule has 3 atom stereocenters. The Hall–Kier alpha value is -0.340. The molecule has 0 amide bonds. The number of hydrogen-bond acceptors (Lipinski definition) is 2. The standard InChI is InChI=1S/C15H26O2/c1-14(2)7-4-8-15(3)12(10-17)11(9-16)5-6-13(14)15/h5,12-13,16-17H,4,6-10H2,1-3H3/t12-,13+,15-/m0/s1. The van der Waals surface area contributed by atoms with Gasteiger partial charge in [-0.25, -0.2) is 0 Å². The maximum atomic E-state index is 9.71. The molecule has 2 heteroatoms. The zero-order chi connectivity index (χ0) is 12.7. The molecule has 0 aromatic carbocycles. The van der Waals surface area contributed by atoms with Crippen LogP contribution in [0.2, 0.25) is 0 Å². The maximum absolute atomic E-state index is 9.71. The van der Waals surface area contributed by atoms with E-state index in [1.807, 2.05) is 0 Å². The van der Waals surface area contributed by atoms with Gasteiger partial charge in [0.05, 0.1) is 13.2 Å². The average Bonchev–Trinajstić information content (AvgIpc) is 2.26. The fraction of sp³-hybridized carbons (Fsp3) is 0.867. The molecule has 17 heavy (non-hydrogen) atoms. The van der Waals surface area contributed by atoms with Crippen molar-refractivity contribution in [3.05, 3.63) is 11.6 Å². The molecule has 2 aliphatic rings. The first kappa shape index (κ1) is 13.1. The molecule has 2 nitrogen and oxygen atoms in total. The lowest BCUT2D eigenvalue weighted by Gasteiger charge is -2.56. The first-order chi connectivity index (χ1) is 7.95. The van der Waals surface area contributed by atoms with Gasteiger partial charge in [0.15, 0.2) is 0 Å². The molecule has 0 heterocycles. The Morgan fingerprint density at radius 1 is 1.24 bits per heavy atom. The molecule has 0 aromatic rings. The van der Waals surface area contributed by atoms with Crippen LogP contribution < -0.4 is 0 Å². The van der Waals surface area contributed by atoms with Crippen molar-refractivity contribution in [1.29, 1.82) is 0 Å². The lowest BCUT2D eigenvalue weighted by Crippen LogP contribution is -2.50. The summed E-state index contributed by atoms with van der Waals surface area (Å²) < 4.78 is 0. The molecule has 98 valence electrons. The van der Waals surface area contributed by atoms with Crippen molar-refractivity contribution in [2.75, 3.05) is 13.2 Å². The largest absolute Gasteiger partial charge is 0.396 e. The Morgan fingerprint density at radius 3 is 2.53 bits per heavy atom. The minimum atomic E-state index is 0.105. The number of allylic oxidation sites excluding steroid dienone is 1. The highest BCUT2D eigenvalue weighted by atomic mass is 16.3. The van der Waals surface area contributed by atoms with Crippen LogP contribution in [0.25, 0.3) is 0 Å². The van der Waals surface area contributed by atoms with Crippen LogP contribution in [-0.4, -0.2) is 23.4 Å². The van der Waals surface area contributed by atoms with Gasteiger partial charge in [0.1, 0.15) is 0 Å². The summed E-state index contributed by atoms with van der Waals surface area (Å²) in [6.45, 7) is 7.33. The van der Waals surface area contributed by atoms with Gasteiger partial charge in [-0.3, -0.25) is 0 Å². The zero-order valence-electron chi connectivity index (χ0n) is 11.4. The van der Waals surface area contributed by atoms with E-state index in [0.29, 0.717) is 11.3 Å². The van der Waals surface area contributed by atoms with Crippen LogP contribution in [0.4, 0.5) is 0 Å². The molecular formula is C15H26O2. The molecule has 0 saturated heterocycles. The third-order valence-corrected chi connectivity index (χ3v) is 5.50. The molecule has 0 unspecified atom stereocenters. The summed E-state index contributed by atoms with van der Waals surface area (Å²) >= 11 is 0. The molecule has 1 saturated carbocycles. The lowest BCUT2D eigenvalue weighted by atomic mass is 9.49. The van der Waals surface area contributed by atoms with E-state index in [0.717, 1.165) is 12.0 Å². The van der Waals surface area contributed by atoms with E-state index in [4.69, 9.17) is 0 Å². The van der Waals surface area contributed by atoms with Gasteiger partial charge in [-0.05, 0) is 41.6 Å². The van der Waals surface area contributed by atoms with Gasteiger partial charge in [-0.2, -0.15) is 0 Å². The van der Waals surface area contributed by atoms with E-state index < -0.39 is 0 Å².